The standard InChI is InChI=1S/C18H15BrFN3O2/c1-12(17(24)21-14-9-7-13(20)8-10-14)25-18-16(19)11-23(22-18)15-5-3-2-4-6-15/h2-12H,1H3,(H,21,24). The van der Waals surface area contributed by atoms with Gasteiger partial charge in [0.25, 0.3) is 5.91 Å². The summed E-state index contributed by atoms with van der Waals surface area (Å²) in [5.74, 6) is -0.406. The van der Waals surface area contributed by atoms with Crippen molar-refractivity contribution in [1.82, 2.24) is 9.78 Å². The first kappa shape index (κ1) is 17.2. The molecule has 1 N–H and O–H groups in total. The molecule has 1 amide bonds. The van der Waals surface area contributed by atoms with E-state index in [1.54, 1.807) is 17.8 Å². The molecule has 7 heteroatoms. The van der Waals surface area contributed by atoms with Crippen molar-refractivity contribution >= 4 is 27.5 Å². The van der Waals surface area contributed by atoms with E-state index in [0.29, 0.717) is 16.0 Å². The van der Waals surface area contributed by atoms with Crippen molar-refractivity contribution < 1.29 is 13.9 Å². The summed E-state index contributed by atoms with van der Waals surface area (Å²) in [5.41, 5.74) is 1.37. The van der Waals surface area contributed by atoms with Gasteiger partial charge in [-0.1, -0.05) is 18.2 Å². The van der Waals surface area contributed by atoms with Crippen LogP contribution in [0.15, 0.2) is 65.3 Å². The van der Waals surface area contributed by atoms with Crippen LogP contribution in [0.5, 0.6) is 5.88 Å². The normalized spacial score (nSPS) is 11.8. The Kier molecular flexibility index (Phi) is 5.14. The Morgan fingerprint density at radius 1 is 1.20 bits per heavy atom. The summed E-state index contributed by atoms with van der Waals surface area (Å²) in [7, 11) is 0. The van der Waals surface area contributed by atoms with E-state index in [1.807, 2.05) is 30.3 Å². The van der Waals surface area contributed by atoms with E-state index in [0.717, 1.165) is 5.69 Å². The second-order valence-corrected chi connectivity index (χ2v) is 6.17. The van der Waals surface area contributed by atoms with E-state index in [1.165, 1.54) is 24.3 Å². The van der Waals surface area contributed by atoms with E-state index in [-0.39, 0.29) is 11.7 Å². The van der Waals surface area contributed by atoms with Gasteiger partial charge < -0.3 is 10.1 Å². The summed E-state index contributed by atoms with van der Waals surface area (Å²) in [6, 6.07) is 15.1. The summed E-state index contributed by atoms with van der Waals surface area (Å²) in [6.45, 7) is 1.62. The Hall–Kier alpha value is -2.67. The molecule has 128 valence electrons. The molecule has 0 spiro atoms. The Morgan fingerprint density at radius 2 is 1.88 bits per heavy atom. The molecule has 1 unspecified atom stereocenters. The molecule has 1 atom stereocenters. The monoisotopic (exact) mass is 403 g/mol. The second kappa shape index (κ2) is 7.48. The van der Waals surface area contributed by atoms with Gasteiger partial charge in [0, 0.05) is 11.9 Å². The average Bonchev–Trinajstić information content (AvgIpc) is 2.98. The van der Waals surface area contributed by atoms with Gasteiger partial charge in [-0.2, -0.15) is 0 Å². The van der Waals surface area contributed by atoms with Crippen LogP contribution in [0.3, 0.4) is 0 Å². The van der Waals surface area contributed by atoms with Gasteiger partial charge in [-0.15, -0.1) is 5.10 Å². The van der Waals surface area contributed by atoms with Crippen LogP contribution in [0, 0.1) is 5.82 Å². The number of hydrogen-bond acceptors (Lipinski definition) is 3. The van der Waals surface area contributed by atoms with Crippen LogP contribution in [-0.2, 0) is 4.79 Å². The number of nitrogens with one attached hydrogen (secondary N) is 1. The molecule has 2 aromatic carbocycles. The minimum Gasteiger partial charge on any atom is -0.463 e. The molecular weight excluding hydrogens is 389 g/mol. The Labute approximate surface area is 152 Å². The van der Waals surface area contributed by atoms with Gasteiger partial charge in [-0.05, 0) is 59.3 Å². The quantitative estimate of drug-likeness (QED) is 0.694. The minimum atomic E-state index is -0.777. The van der Waals surface area contributed by atoms with Gasteiger partial charge in [0.2, 0.25) is 5.88 Å². The maximum absolute atomic E-state index is 12.9. The number of carbonyl (C=O) groups excluding carboxylic acids is 1. The van der Waals surface area contributed by atoms with Crippen LogP contribution in [0.1, 0.15) is 6.92 Å². The number of amides is 1. The van der Waals surface area contributed by atoms with Crippen LogP contribution >= 0.6 is 15.9 Å². The summed E-state index contributed by atoms with van der Waals surface area (Å²) in [5, 5.41) is 7.01. The van der Waals surface area contributed by atoms with Gasteiger partial charge >= 0.3 is 0 Å². The molecule has 1 aromatic heterocycles. The highest BCUT2D eigenvalue weighted by atomic mass is 79.9. The lowest BCUT2D eigenvalue weighted by Gasteiger charge is -2.13. The Bertz CT molecular complexity index is 866. The number of ether oxygens (including phenoxy) is 1. The fourth-order valence-corrected chi connectivity index (χ4v) is 2.49. The van der Waals surface area contributed by atoms with E-state index in [9.17, 15) is 9.18 Å². The lowest BCUT2D eigenvalue weighted by atomic mass is 10.3. The summed E-state index contributed by atoms with van der Waals surface area (Å²) < 4.78 is 20.8. The van der Waals surface area contributed by atoms with Crippen molar-refractivity contribution in [1.29, 1.82) is 0 Å². The SMILES string of the molecule is CC(Oc1nn(-c2ccccc2)cc1Br)C(=O)Nc1ccc(F)cc1. The maximum atomic E-state index is 12.9. The maximum Gasteiger partial charge on any atom is 0.265 e. The largest absolute Gasteiger partial charge is 0.463 e. The van der Waals surface area contributed by atoms with Crippen LogP contribution < -0.4 is 10.1 Å². The van der Waals surface area contributed by atoms with Crippen molar-refractivity contribution in [2.45, 2.75) is 13.0 Å². The molecule has 5 nitrogen and oxygen atoms in total. The number of benzene rings is 2. The second-order valence-electron chi connectivity index (χ2n) is 5.32. The first-order chi connectivity index (χ1) is 12.0. The first-order valence-electron chi connectivity index (χ1n) is 7.56. The lowest BCUT2D eigenvalue weighted by Crippen LogP contribution is -2.30. The van der Waals surface area contributed by atoms with Crippen LogP contribution in [0.2, 0.25) is 0 Å². The zero-order valence-electron chi connectivity index (χ0n) is 13.3. The number of nitrogens with zero attached hydrogens (tertiary/aromatic N) is 2. The number of hydrogen-bond donors (Lipinski definition) is 1. The van der Waals surface area contributed by atoms with E-state index in [4.69, 9.17) is 4.74 Å². The van der Waals surface area contributed by atoms with Gasteiger partial charge in [0.15, 0.2) is 6.10 Å². The summed E-state index contributed by atoms with van der Waals surface area (Å²) >= 11 is 3.39. The summed E-state index contributed by atoms with van der Waals surface area (Å²) in [4.78, 5) is 12.2. The molecule has 0 aliphatic rings. The number of aromatic nitrogens is 2. The lowest BCUT2D eigenvalue weighted by molar-refractivity contribution is -0.122. The number of rotatable bonds is 5. The highest BCUT2D eigenvalue weighted by molar-refractivity contribution is 9.10. The van der Waals surface area contributed by atoms with E-state index >= 15 is 0 Å². The molecule has 0 aliphatic carbocycles. The zero-order chi connectivity index (χ0) is 17.8. The molecular formula is C18H15BrFN3O2. The van der Waals surface area contributed by atoms with Gasteiger partial charge in [0.1, 0.15) is 5.82 Å². The molecule has 25 heavy (non-hydrogen) atoms. The fourth-order valence-electron chi connectivity index (χ4n) is 2.13. The molecule has 0 bridgehead atoms. The van der Waals surface area contributed by atoms with Crippen LogP contribution in [0.25, 0.3) is 5.69 Å². The number of para-hydroxylation sites is 1. The van der Waals surface area contributed by atoms with Gasteiger partial charge in [-0.25, -0.2) is 9.07 Å². The minimum absolute atomic E-state index is 0.311. The van der Waals surface area contributed by atoms with Crippen molar-refractivity contribution in [3.8, 4) is 11.6 Å². The van der Waals surface area contributed by atoms with Crippen LogP contribution in [0.4, 0.5) is 10.1 Å². The molecule has 0 aliphatic heterocycles. The fraction of sp³-hybridized carbons (Fsp3) is 0.111. The van der Waals surface area contributed by atoms with Crippen molar-refractivity contribution in [2.75, 3.05) is 5.32 Å². The molecule has 1 heterocycles. The van der Waals surface area contributed by atoms with Crippen molar-refractivity contribution in [2.24, 2.45) is 0 Å². The average molecular weight is 404 g/mol. The van der Waals surface area contributed by atoms with E-state index < -0.39 is 6.10 Å². The number of halogens is 2. The van der Waals surface area contributed by atoms with Crippen molar-refractivity contribution in [3.05, 3.63) is 71.1 Å². The Balaban J connectivity index is 1.68. The first-order valence-corrected chi connectivity index (χ1v) is 8.36. The number of anilines is 1. The third-order valence-electron chi connectivity index (χ3n) is 3.43. The topological polar surface area (TPSA) is 56.2 Å². The molecule has 0 fully saturated rings. The highest BCUT2D eigenvalue weighted by Crippen LogP contribution is 2.25. The molecule has 0 saturated carbocycles. The highest BCUT2D eigenvalue weighted by Gasteiger charge is 2.19. The predicted molar refractivity (Wildman–Crippen MR) is 96.4 cm³/mol. The van der Waals surface area contributed by atoms with E-state index in [2.05, 4.69) is 26.3 Å². The molecule has 3 rings (SSSR count). The smallest absolute Gasteiger partial charge is 0.265 e. The van der Waals surface area contributed by atoms with Gasteiger partial charge in [-0.3, -0.25) is 4.79 Å². The molecule has 0 radical (unpaired) electrons. The summed E-state index contributed by atoms with van der Waals surface area (Å²) in [6.07, 6.45) is 0.982. The third kappa shape index (κ3) is 4.24. The van der Waals surface area contributed by atoms with Gasteiger partial charge in [0.05, 0.1) is 10.2 Å². The van der Waals surface area contributed by atoms with Crippen LogP contribution in [-0.4, -0.2) is 21.8 Å². The van der Waals surface area contributed by atoms with Crippen molar-refractivity contribution in [3.63, 3.8) is 0 Å². The molecule has 0 saturated heterocycles. The molecule has 3 aromatic rings. The zero-order valence-corrected chi connectivity index (χ0v) is 14.9. The third-order valence-corrected chi connectivity index (χ3v) is 3.97. The Morgan fingerprint density at radius 3 is 2.56 bits per heavy atom. The number of carbonyl (C=O) groups is 1. The predicted octanol–water partition coefficient (Wildman–Crippen LogP) is 4.18.